The van der Waals surface area contributed by atoms with E-state index in [1.165, 1.54) is 25.1 Å². The minimum absolute atomic E-state index is 0.487. The fraction of sp³-hybridized carbons (Fsp3) is 0.450. The third-order valence-electron chi connectivity index (χ3n) is 5.47. The Kier molecular flexibility index (Phi) is 4.61. The highest BCUT2D eigenvalue weighted by Crippen LogP contribution is 2.33. The smallest absolute Gasteiger partial charge is 0.366 e. The van der Waals surface area contributed by atoms with Crippen molar-refractivity contribution < 1.29 is 13.2 Å². The van der Waals surface area contributed by atoms with Crippen LogP contribution in [0.4, 0.5) is 18.9 Å². The lowest BCUT2D eigenvalue weighted by atomic mass is 10.0. The largest absolute Gasteiger partial charge is 0.416 e. The highest BCUT2D eigenvalue weighted by atomic mass is 19.4. The summed E-state index contributed by atoms with van der Waals surface area (Å²) in [6, 6.07) is 7.93. The van der Waals surface area contributed by atoms with E-state index < -0.39 is 11.7 Å². The first-order valence-electron chi connectivity index (χ1n) is 9.12. The van der Waals surface area contributed by atoms with E-state index in [9.17, 15) is 13.2 Å². The summed E-state index contributed by atoms with van der Waals surface area (Å²) in [6.07, 6.45) is 2.63. The summed E-state index contributed by atoms with van der Waals surface area (Å²) in [6.45, 7) is 4.28. The first-order valence-corrected chi connectivity index (χ1v) is 9.12. The molecule has 138 valence electrons. The zero-order chi connectivity index (χ0) is 18.1. The summed E-state index contributed by atoms with van der Waals surface area (Å²) >= 11 is 0. The van der Waals surface area contributed by atoms with Crippen molar-refractivity contribution in [3.05, 3.63) is 48.3 Å². The zero-order valence-electron chi connectivity index (χ0n) is 14.5. The molecule has 6 heteroatoms. The lowest BCUT2D eigenvalue weighted by Crippen LogP contribution is -2.39. The van der Waals surface area contributed by atoms with Gasteiger partial charge in [0, 0.05) is 37.4 Å². The van der Waals surface area contributed by atoms with Gasteiger partial charge in [-0.15, -0.1) is 0 Å². The van der Waals surface area contributed by atoms with E-state index in [0.717, 1.165) is 49.8 Å². The van der Waals surface area contributed by atoms with Gasteiger partial charge < -0.3 is 9.80 Å². The van der Waals surface area contributed by atoms with Gasteiger partial charge in [-0.05, 0) is 49.6 Å². The first kappa shape index (κ1) is 17.3. The summed E-state index contributed by atoms with van der Waals surface area (Å²) in [7, 11) is 0. The molecule has 0 saturated carbocycles. The molecule has 0 amide bonds. The van der Waals surface area contributed by atoms with Crippen molar-refractivity contribution in [2.24, 2.45) is 0 Å². The van der Waals surface area contributed by atoms with Crippen LogP contribution in [0, 0.1) is 0 Å². The van der Waals surface area contributed by atoms with Crippen LogP contribution >= 0.6 is 0 Å². The Bertz CT molecular complexity index is 775. The average Bonchev–Trinajstić information content (AvgIpc) is 2.97. The first-order chi connectivity index (χ1) is 12.5. The lowest BCUT2D eigenvalue weighted by molar-refractivity contribution is -0.137. The van der Waals surface area contributed by atoms with E-state index in [2.05, 4.69) is 14.8 Å². The Morgan fingerprint density at radius 1 is 0.923 bits per heavy atom. The molecular weight excluding hydrogens is 339 g/mol. The second-order valence-electron chi connectivity index (χ2n) is 7.13. The minimum Gasteiger partial charge on any atom is -0.366 e. The quantitative estimate of drug-likeness (QED) is 0.788. The molecule has 0 aliphatic carbocycles. The number of nitrogens with zero attached hydrogens (tertiary/aromatic N) is 3. The van der Waals surface area contributed by atoms with Gasteiger partial charge in [0.2, 0.25) is 0 Å². The molecule has 2 aliphatic rings. The molecule has 2 fully saturated rings. The molecule has 0 radical (unpaired) electrons. The summed E-state index contributed by atoms with van der Waals surface area (Å²) in [5, 5.41) is 0. The van der Waals surface area contributed by atoms with Crippen LogP contribution in [0.2, 0.25) is 0 Å². The molecule has 0 N–H and O–H groups in total. The van der Waals surface area contributed by atoms with Gasteiger partial charge in [-0.2, -0.15) is 13.2 Å². The lowest BCUT2D eigenvalue weighted by Gasteiger charge is -2.33. The Morgan fingerprint density at radius 3 is 2.65 bits per heavy atom. The number of halogens is 3. The predicted octanol–water partition coefficient (Wildman–Crippen LogP) is 4.44. The molecule has 3 nitrogen and oxygen atoms in total. The number of benzene rings is 1. The number of anilines is 1. The van der Waals surface area contributed by atoms with Gasteiger partial charge in [0.25, 0.3) is 0 Å². The van der Waals surface area contributed by atoms with Gasteiger partial charge in [-0.3, -0.25) is 4.98 Å². The number of rotatable bonds is 2. The number of pyridine rings is 1. The van der Waals surface area contributed by atoms with Gasteiger partial charge in [0.05, 0.1) is 17.4 Å². The SMILES string of the molecule is FC(F)(F)c1cccc(-c2cncc(N3CCN4CCCC3CC4)c2)c1. The van der Waals surface area contributed by atoms with Crippen LogP contribution in [-0.4, -0.2) is 42.1 Å². The molecule has 2 aliphatic heterocycles. The van der Waals surface area contributed by atoms with E-state index >= 15 is 0 Å². The van der Waals surface area contributed by atoms with Crippen molar-refractivity contribution in [1.29, 1.82) is 0 Å². The maximum Gasteiger partial charge on any atom is 0.416 e. The monoisotopic (exact) mass is 361 g/mol. The van der Waals surface area contributed by atoms with Gasteiger partial charge in [-0.1, -0.05) is 12.1 Å². The highest BCUT2D eigenvalue weighted by molar-refractivity contribution is 5.68. The van der Waals surface area contributed by atoms with Crippen molar-refractivity contribution in [2.75, 3.05) is 31.1 Å². The minimum atomic E-state index is -4.34. The summed E-state index contributed by atoms with van der Waals surface area (Å²) in [5.41, 5.74) is 1.66. The van der Waals surface area contributed by atoms with Crippen molar-refractivity contribution >= 4 is 5.69 Å². The van der Waals surface area contributed by atoms with Crippen LogP contribution in [0.25, 0.3) is 11.1 Å². The van der Waals surface area contributed by atoms with Crippen LogP contribution in [-0.2, 0) is 6.18 Å². The molecule has 2 aromatic rings. The Hall–Kier alpha value is -2.08. The highest BCUT2D eigenvalue weighted by Gasteiger charge is 2.31. The number of fused-ring (bicyclic) bond motifs is 3. The van der Waals surface area contributed by atoms with E-state index in [1.54, 1.807) is 12.3 Å². The number of hydrogen-bond acceptors (Lipinski definition) is 3. The third kappa shape index (κ3) is 3.56. The normalized spacial score (nSPS) is 23.6. The fourth-order valence-corrected chi connectivity index (χ4v) is 4.06. The van der Waals surface area contributed by atoms with Crippen LogP contribution in [0.1, 0.15) is 24.8 Å². The molecular formula is C20H22F3N3. The van der Waals surface area contributed by atoms with E-state index in [4.69, 9.17) is 0 Å². The topological polar surface area (TPSA) is 19.4 Å². The molecule has 2 atom stereocenters. The van der Waals surface area contributed by atoms with Crippen LogP contribution in [0.15, 0.2) is 42.7 Å². The second-order valence-corrected chi connectivity index (χ2v) is 7.13. The Balaban J connectivity index is 1.65. The maximum atomic E-state index is 13.0. The van der Waals surface area contributed by atoms with Crippen molar-refractivity contribution in [3.63, 3.8) is 0 Å². The molecule has 0 spiro atoms. The third-order valence-corrected chi connectivity index (χ3v) is 5.47. The molecule has 2 unspecified atom stereocenters. The van der Waals surface area contributed by atoms with Crippen molar-refractivity contribution in [1.82, 2.24) is 9.88 Å². The Morgan fingerprint density at radius 2 is 1.81 bits per heavy atom. The van der Waals surface area contributed by atoms with E-state index in [1.807, 2.05) is 12.3 Å². The summed E-state index contributed by atoms with van der Waals surface area (Å²) < 4.78 is 39.0. The maximum absolute atomic E-state index is 13.0. The fourth-order valence-electron chi connectivity index (χ4n) is 4.06. The van der Waals surface area contributed by atoms with Crippen LogP contribution in [0.5, 0.6) is 0 Å². The predicted molar refractivity (Wildman–Crippen MR) is 96.1 cm³/mol. The summed E-state index contributed by atoms with van der Waals surface area (Å²) in [5.74, 6) is 0. The van der Waals surface area contributed by atoms with Gasteiger partial charge in [-0.25, -0.2) is 0 Å². The average molecular weight is 361 g/mol. The standard InChI is InChI=1S/C20H22F3N3/c21-20(22,23)17-4-1-3-15(11-17)16-12-19(14-24-13-16)26-10-9-25-7-2-5-18(26)6-8-25/h1,3-4,11-14,18H,2,5-10H2. The van der Waals surface area contributed by atoms with Gasteiger partial charge in [0.15, 0.2) is 0 Å². The van der Waals surface area contributed by atoms with Crippen molar-refractivity contribution in [3.8, 4) is 11.1 Å². The van der Waals surface area contributed by atoms with E-state index in [-0.39, 0.29) is 0 Å². The zero-order valence-corrected chi connectivity index (χ0v) is 14.5. The summed E-state index contributed by atoms with van der Waals surface area (Å²) in [4.78, 5) is 9.22. The molecule has 2 saturated heterocycles. The molecule has 2 bridgehead atoms. The van der Waals surface area contributed by atoms with Gasteiger partial charge >= 0.3 is 6.18 Å². The van der Waals surface area contributed by atoms with E-state index in [0.29, 0.717) is 11.6 Å². The van der Waals surface area contributed by atoms with Gasteiger partial charge in [0.1, 0.15) is 0 Å². The van der Waals surface area contributed by atoms with Crippen LogP contribution < -0.4 is 4.90 Å². The number of alkyl halides is 3. The molecule has 4 rings (SSSR count). The second kappa shape index (κ2) is 6.91. The number of aromatic nitrogens is 1. The van der Waals surface area contributed by atoms with Crippen LogP contribution in [0.3, 0.4) is 0 Å². The molecule has 1 aromatic carbocycles. The number of hydrogen-bond donors (Lipinski definition) is 0. The Labute approximate surface area is 151 Å². The molecule has 3 heterocycles. The molecule has 26 heavy (non-hydrogen) atoms. The molecule has 1 aromatic heterocycles. The van der Waals surface area contributed by atoms with Crippen molar-refractivity contribution in [2.45, 2.75) is 31.5 Å².